The quantitative estimate of drug-likeness (QED) is 0.0362. The lowest BCUT2D eigenvalue weighted by Crippen LogP contribution is -2.08. The van der Waals surface area contributed by atoms with Crippen LogP contribution in [0, 0.1) is 0 Å². The molecule has 40 heavy (non-hydrogen) atoms. The van der Waals surface area contributed by atoms with E-state index in [4.69, 9.17) is 24.5 Å². The van der Waals surface area contributed by atoms with Crippen LogP contribution in [0.2, 0.25) is 0 Å². The van der Waals surface area contributed by atoms with Crippen molar-refractivity contribution in [1.82, 2.24) is 0 Å². The highest BCUT2D eigenvalue weighted by Gasteiger charge is 2.09. The first-order valence-corrected chi connectivity index (χ1v) is 14.5. The van der Waals surface area contributed by atoms with Crippen molar-refractivity contribution in [1.29, 1.82) is 0 Å². The number of hydrogen-bond donors (Lipinski definition) is 0. The fraction of sp³-hybridized carbons (Fsp3) is 0.548. The molecule has 0 spiro atoms. The van der Waals surface area contributed by atoms with E-state index in [1.807, 2.05) is 0 Å². The summed E-state index contributed by atoms with van der Waals surface area (Å²) in [5, 5.41) is 3.18. The number of hydrogen-bond acceptors (Lipinski definition) is 7. The van der Waals surface area contributed by atoms with Crippen LogP contribution in [0.4, 0.5) is 0 Å². The summed E-state index contributed by atoms with van der Waals surface area (Å²) in [6.45, 7) is 3.61. The van der Waals surface area contributed by atoms with Crippen LogP contribution in [0.25, 0.3) is 10.4 Å². The minimum absolute atomic E-state index is 0.236. The average Bonchev–Trinajstić information content (AvgIpc) is 2.97. The number of ether oxygens (including phenoxy) is 4. The number of rotatable bonds is 22. The zero-order valence-electron chi connectivity index (χ0n) is 23.7. The van der Waals surface area contributed by atoms with E-state index in [-0.39, 0.29) is 6.54 Å². The van der Waals surface area contributed by atoms with Gasteiger partial charge in [0, 0.05) is 4.91 Å². The third kappa shape index (κ3) is 15.0. The van der Waals surface area contributed by atoms with E-state index < -0.39 is 11.9 Å². The third-order valence-corrected chi connectivity index (χ3v) is 6.22. The standard InChI is InChI=1S/C31H43N3O6/c1-2-3-22-37-28-18-20-29(21-19-28)40-31(36)26-14-16-27(17-15-26)38-23-12-10-8-6-4-5-7-9-11-13-24-39-30(35)25-33-34-32/h14-21H,2-13,22-25H2,1H3. The Morgan fingerprint density at radius 2 is 1.15 bits per heavy atom. The van der Waals surface area contributed by atoms with Crippen molar-refractivity contribution < 1.29 is 28.5 Å². The molecule has 2 aromatic carbocycles. The highest BCUT2D eigenvalue weighted by molar-refractivity contribution is 5.91. The molecule has 2 aromatic rings. The summed E-state index contributed by atoms with van der Waals surface area (Å²) in [5.74, 6) is 1.12. The fourth-order valence-corrected chi connectivity index (χ4v) is 3.92. The van der Waals surface area contributed by atoms with Gasteiger partial charge in [-0.25, -0.2) is 4.79 Å². The average molecular weight is 554 g/mol. The van der Waals surface area contributed by atoms with Crippen molar-refractivity contribution in [3.63, 3.8) is 0 Å². The van der Waals surface area contributed by atoms with E-state index in [1.165, 1.54) is 32.1 Å². The predicted molar refractivity (Wildman–Crippen MR) is 155 cm³/mol. The summed E-state index contributed by atoms with van der Waals surface area (Å²) in [5.41, 5.74) is 8.62. The van der Waals surface area contributed by atoms with E-state index in [2.05, 4.69) is 16.9 Å². The largest absolute Gasteiger partial charge is 0.494 e. The van der Waals surface area contributed by atoms with Gasteiger partial charge in [-0.3, -0.25) is 4.79 Å². The molecular weight excluding hydrogens is 510 g/mol. The van der Waals surface area contributed by atoms with Crippen molar-refractivity contribution in [2.24, 2.45) is 5.11 Å². The predicted octanol–water partition coefficient (Wildman–Crippen LogP) is 8.22. The van der Waals surface area contributed by atoms with E-state index in [9.17, 15) is 9.59 Å². The van der Waals surface area contributed by atoms with Crippen molar-refractivity contribution >= 4 is 11.9 Å². The van der Waals surface area contributed by atoms with Crippen LogP contribution in [0.15, 0.2) is 53.6 Å². The minimum atomic E-state index is -0.467. The number of esters is 2. The summed E-state index contributed by atoms with van der Waals surface area (Å²) in [4.78, 5) is 26.1. The summed E-state index contributed by atoms with van der Waals surface area (Å²) in [7, 11) is 0. The van der Waals surface area contributed by atoms with Gasteiger partial charge in [0.2, 0.25) is 0 Å². The zero-order valence-corrected chi connectivity index (χ0v) is 23.7. The lowest BCUT2D eigenvalue weighted by molar-refractivity contribution is -0.142. The minimum Gasteiger partial charge on any atom is -0.494 e. The van der Waals surface area contributed by atoms with Crippen LogP contribution in [0.1, 0.15) is 94.3 Å². The molecule has 0 atom stereocenters. The molecule has 218 valence electrons. The Bertz CT molecular complexity index is 1020. The maximum absolute atomic E-state index is 12.4. The number of azide groups is 1. The third-order valence-electron chi connectivity index (χ3n) is 6.22. The van der Waals surface area contributed by atoms with Gasteiger partial charge >= 0.3 is 11.9 Å². The Labute approximate surface area is 237 Å². The van der Waals surface area contributed by atoms with Gasteiger partial charge in [0.25, 0.3) is 0 Å². The summed E-state index contributed by atoms with van der Waals surface area (Å²) in [6.07, 6.45) is 13.3. The molecule has 0 unspecified atom stereocenters. The van der Waals surface area contributed by atoms with Crippen LogP contribution in [-0.4, -0.2) is 38.3 Å². The molecule has 2 rings (SSSR count). The topological polar surface area (TPSA) is 120 Å². The lowest BCUT2D eigenvalue weighted by Gasteiger charge is -2.09. The van der Waals surface area contributed by atoms with Crippen molar-refractivity contribution in [3.8, 4) is 17.2 Å². The molecule has 9 nitrogen and oxygen atoms in total. The molecule has 0 aromatic heterocycles. The monoisotopic (exact) mass is 553 g/mol. The van der Waals surface area contributed by atoms with Gasteiger partial charge in [-0.15, -0.1) is 0 Å². The first-order valence-electron chi connectivity index (χ1n) is 14.5. The normalized spacial score (nSPS) is 10.4. The van der Waals surface area contributed by atoms with Gasteiger partial charge in [-0.1, -0.05) is 69.8 Å². The molecular formula is C31H43N3O6. The first-order chi connectivity index (χ1) is 19.6. The molecule has 0 aliphatic rings. The Kier molecular flexibility index (Phi) is 17.2. The van der Waals surface area contributed by atoms with E-state index in [0.717, 1.165) is 56.4 Å². The van der Waals surface area contributed by atoms with Gasteiger partial charge in [0.05, 0.1) is 25.4 Å². The van der Waals surface area contributed by atoms with Crippen molar-refractivity contribution in [2.75, 3.05) is 26.4 Å². The molecule has 0 amide bonds. The molecule has 0 saturated heterocycles. The lowest BCUT2D eigenvalue weighted by atomic mass is 10.1. The van der Waals surface area contributed by atoms with Crippen LogP contribution >= 0.6 is 0 Å². The van der Waals surface area contributed by atoms with E-state index in [1.54, 1.807) is 48.5 Å². The molecule has 0 aliphatic heterocycles. The smallest absolute Gasteiger partial charge is 0.343 e. The first kappa shape index (κ1) is 32.5. The second-order valence-electron chi connectivity index (χ2n) is 9.58. The van der Waals surface area contributed by atoms with Gasteiger partial charge in [0.1, 0.15) is 23.8 Å². The van der Waals surface area contributed by atoms with Crippen LogP contribution in [0.3, 0.4) is 0 Å². The summed E-state index contributed by atoms with van der Waals surface area (Å²) >= 11 is 0. The number of carbonyl (C=O) groups excluding carboxylic acids is 2. The Hall–Kier alpha value is -3.71. The molecule has 0 heterocycles. The van der Waals surface area contributed by atoms with Gasteiger partial charge in [-0.05, 0) is 73.3 Å². The number of nitrogens with zero attached hydrogens (tertiary/aromatic N) is 3. The van der Waals surface area contributed by atoms with Crippen molar-refractivity contribution in [2.45, 2.75) is 84.0 Å². The van der Waals surface area contributed by atoms with E-state index >= 15 is 0 Å². The van der Waals surface area contributed by atoms with Crippen LogP contribution in [0.5, 0.6) is 17.2 Å². The molecule has 0 saturated carbocycles. The van der Waals surface area contributed by atoms with Crippen LogP contribution < -0.4 is 14.2 Å². The summed E-state index contributed by atoms with van der Waals surface area (Å²) in [6, 6.07) is 14.1. The number of unbranched alkanes of at least 4 members (excludes halogenated alkanes) is 10. The fourth-order valence-electron chi connectivity index (χ4n) is 3.92. The SMILES string of the molecule is CCCCOc1ccc(OC(=O)c2ccc(OCCCCCCCCCCCCOC(=O)CN=[N+]=[N-])cc2)cc1. The summed E-state index contributed by atoms with van der Waals surface area (Å²) < 4.78 is 21.9. The second-order valence-corrected chi connectivity index (χ2v) is 9.58. The molecule has 0 N–H and O–H groups in total. The molecule has 0 bridgehead atoms. The Morgan fingerprint density at radius 3 is 1.70 bits per heavy atom. The highest BCUT2D eigenvalue weighted by Crippen LogP contribution is 2.20. The van der Waals surface area contributed by atoms with Crippen molar-refractivity contribution in [3.05, 3.63) is 64.5 Å². The molecule has 9 heteroatoms. The Balaban J connectivity index is 1.46. The zero-order chi connectivity index (χ0) is 28.7. The van der Waals surface area contributed by atoms with E-state index in [0.29, 0.717) is 31.1 Å². The molecule has 0 fully saturated rings. The molecule has 0 aliphatic carbocycles. The number of benzene rings is 2. The van der Waals surface area contributed by atoms with Gasteiger partial charge < -0.3 is 18.9 Å². The molecule has 0 radical (unpaired) electrons. The highest BCUT2D eigenvalue weighted by atomic mass is 16.5. The Morgan fingerprint density at radius 1 is 0.675 bits per heavy atom. The second kappa shape index (κ2) is 21.2. The maximum Gasteiger partial charge on any atom is 0.343 e. The van der Waals surface area contributed by atoms with Gasteiger partial charge in [0.15, 0.2) is 0 Å². The maximum atomic E-state index is 12.4. The van der Waals surface area contributed by atoms with Gasteiger partial charge in [-0.2, -0.15) is 0 Å². The number of carbonyl (C=O) groups is 2. The van der Waals surface area contributed by atoms with Crippen LogP contribution in [-0.2, 0) is 9.53 Å².